The minimum absolute atomic E-state index is 0.0594. The summed E-state index contributed by atoms with van der Waals surface area (Å²) < 4.78 is 39.7. The standard InChI is InChI=1S/C15H17F3N2O2/c1-3-5-12-9-14(22,15(16,17)18)20(19-12)13(21)11-7-4-6-10(2)8-11/h4,6-8,22H,3,5,9H2,1-2H3/t14-/m0/s1. The van der Waals surface area contributed by atoms with Crippen LogP contribution in [0.3, 0.4) is 0 Å². The largest absolute Gasteiger partial charge is 0.438 e. The lowest BCUT2D eigenvalue weighted by molar-refractivity contribution is -0.297. The van der Waals surface area contributed by atoms with E-state index in [-0.39, 0.29) is 16.3 Å². The van der Waals surface area contributed by atoms with Gasteiger partial charge in [0.05, 0.1) is 0 Å². The Bertz CT molecular complexity index is 613. The number of amides is 1. The number of aryl methyl sites for hydroxylation is 1. The van der Waals surface area contributed by atoms with E-state index in [1.54, 1.807) is 26.0 Å². The minimum Gasteiger partial charge on any atom is -0.362 e. The smallest absolute Gasteiger partial charge is 0.362 e. The first-order chi connectivity index (χ1) is 10.2. The summed E-state index contributed by atoms with van der Waals surface area (Å²) in [5.41, 5.74) is -2.32. The summed E-state index contributed by atoms with van der Waals surface area (Å²) in [7, 11) is 0. The van der Waals surface area contributed by atoms with Gasteiger partial charge in [-0.25, -0.2) is 0 Å². The van der Waals surface area contributed by atoms with Gasteiger partial charge in [0.25, 0.3) is 11.6 Å². The second-order valence-corrected chi connectivity index (χ2v) is 5.39. The van der Waals surface area contributed by atoms with Crippen LogP contribution in [0.5, 0.6) is 0 Å². The van der Waals surface area contributed by atoms with E-state index >= 15 is 0 Å². The first-order valence-electron chi connectivity index (χ1n) is 6.95. The monoisotopic (exact) mass is 314 g/mol. The van der Waals surface area contributed by atoms with Crippen LogP contribution in [0.2, 0.25) is 0 Å². The molecule has 1 aliphatic heterocycles. The number of hydrazone groups is 1. The molecule has 0 bridgehead atoms. The molecule has 4 nitrogen and oxygen atoms in total. The Labute approximate surface area is 126 Å². The molecule has 7 heteroatoms. The fourth-order valence-electron chi connectivity index (χ4n) is 2.38. The van der Waals surface area contributed by atoms with Crippen molar-refractivity contribution < 1.29 is 23.1 Å². The van der Waals surface area contributed by atoms with Gasteiger partial charge in [-0.1, -0.05) is 31.0 Å². The maximum atomic E-state index is 13.2. The fourth-order valence-corrected chi connectivity index (χ4v) is 2.38. The predicted octanol–water partition coefficient (Wildman–Crippen LogP) is 3.25. The lowest BCUT2D eigenvalue weighted by Gasteiger charge is -2.32. The van der Waals surface area contributed by atoms with Gasteiger partial charge in [-0.2, -0.15) is 23.3 Å². The Kier molecular flexibility index (Phi) is 4.28. The summed E-state index contributed by atoms with van der Waals surface area (Å²) in [5.74, 6) is -0.963. The lowest BCUT2D eigenvalue weighted by atomic mass is 10.0. The summed E-state index contributed by atoms with van der Waals surface area (Å²) in [4.78, 5) is 12.4. The Morgan fingerprint density at radius 1 is 1.45 bits per heavy atom. The van der Waals surface area contributed by atoms with Crippen LogP contribution in [0.15, 0.2) is 29.4 Å². The normalized spacial score (nSPS) is 21.9. The zero-order chi connectivity index (χ0) is 16.5. The highest BCUT2D eigenvalue weighted by Crippen LogP contribution is 2.41. The van der Waals surface area contributed by atoms with Crippen molar-refractivity contribution in [2.24, 2.45) is 5.10 Å². The summed E-state index contributed by atoms with van der Waals surface area (Å²) in [6.07, 6.45) is -4.80. The maximum absolute atomic E-state index is 13.2. The molecule has 1 atom stereocenters. The Morgan fingerprint density at radius 2 is 2.14 bits per heavy atom. The molecule has 1 aromatic rings. The molecule has 0 fully saturated rings. The third kappa shape index (κ3) is 2.85. The Balaban J connectivity index is 2.41. The van der Waals surface area contributed by atoms with Crippen molar-refractivity contribution in [3.8, 4) is 0 Å². The average Bonchev–Trinajstić information content (AvgIpc) is 2.76. The van der Waals surface area contributed by atoms with Crippen molar-refractivity contribution >= 4 is 11.6 Å². The van der Waals surface area contributed by atoms with Crippen molar-refractivity contribution in [2.75, 3.05) is 0 Å². The van der Waals surface area contributed by atoms with Gasteiger partial charge in [-0.3, -0.25) is 4.79 Å². The van der Waals surface area contributed by atoms with E-state index in [1.165, 1.54) is 12.1 Å². The number of hydrogen-bond donors (Lipinski definition) is 1. The van der Waals surface area contributed by atoms with Gasteiger partial charge in [-0.15, -0.1) is 0 Å². The van der Waals surface area contributed by atoms with E-state index in [4.69, 9.17) is 0 Å². The molecule has 1 N–H and O–H groups in total. The van der Waals surface area contributed by atoms with Crippen molar-refractivity contribution in [3.05, 3.63) is 35.4 Å². The van der Waals surface area contributed by atoms with Gasteiger partial charge >= 0.3 is 6.18 Å². The van der Waals surface area contributed by atoms with Gasteiger partial charge in [-0.05, 0) is 25.5 Å². The van der Waals surface area contributed by atoms with E-state index in [0.717, 1.165) is 5.56 Å². The van der Waals surface area contributed by atoms with Crippen molar-refractivity contribution in [1.82, 2.24) is 5.01 Å². The zero-order valence-electron chi connectivity index (χ0n) is 12.3. The van der Waals surface area contributed by atoms with Crippen LogP contribution in [-0.2, 0) is 0 Å². The quantitative estimate of drug-likeness (QED) is 0.931. The van der Waals surface area contributed by atoms with Crippen LogP contribution >= 0.6 is 0 Å². The average molecular weight is 314 g/mol. The number of carbonyl (C=O) groups excluding carboxylic acids is 1. The van der Waals surface area contributed by atoms with Gasteiger partial charge < -0.3 is 5.11 Å². The van der Waals surface area contributed by atoms with Gasteiger partial charge in [0.15, 0.2) is 0 Å². The Hall–Kier alpha value is -1.89. The van der Waals surface area contributed by atoms with Gasteiger partial charge in [0.2, 0.25) is 0 Å². The van der Waals surface area contributed by atoms with Crippen LogP contribution in [-0.4, -0.2) is 33.6 Å². The van der Waals surface area contributed by atoms with Crippen LogP contribution in [0, 0.1) is 6.92 Å². The van der Waals surface area contributed by atoms with Gasteiger partial charge in [0, 0.05) is 17.7 Å². The summed E-state index contributed by atoms with van der Waals surface area (Å²) >= 11 is 0. The van der Waals surface area contributed by atoms with Crippen molar-refractivity contribution in [3.63, 3.8) is 0 Å². The van der Waals surface area contributed by atoms with E-state index in [9.17, 15) is 23.1 Å². The van der Waals surface area contributed by atoms with E-state index in [2.05, 4.69) is 5.10 Å². The zero-order valence-corrected chi connectivity index (χ0v) is 12.3. The molecule has 1 amide bonds. The maximum Gasteiger partial charge on any atom is 0.438 e. The van der Waals surface area contributed by atoms with E-state index in [1.807, 2.05) is 0 Å². The predicted molar refractivity (Wildman–Crippen MR) is 75.3 cm³/mol. The van der Waals surface area contributed by atoms with Crippen molar-refractivity contribution in [2.45, 2.75) is 45.0 Å². The topological polar surface area (TPSA) is 52.9 Å². The molecule has 22 heavy (non-hydrogen) atoms. The summed E-state index contributed by atoms with van der Waals surface area (Å²) in [6.45, 7) is 3.52. The molecule has 0 aliphatic carbocycles. The van der Waals surface area contributed by atoms with Crippen molar-refractivity contribution in [1.29, 1.82) is 0 Å². The highest BCUT2D eigenvalue weighted by atomic mass is 19.4. The number of carbonyl (C=O) groups is 1. The van der Waals surface area contributed by atoms with Crippen LogP contribution in [0.4, 0.5) is 13.2 Å². The van der Waals surface area contributed by atoms with E-state index in [0.29, 0.717) is 12.8 Å². The van der Waals surface area contributed by atoms with E-state index < -0.39 is 24.2 Å². The lowest BCUT2D eigenvalue weighted by Crippen LogP contribution is -2.56. The minimum atomic E-state index is -4.98. The molecule has 120 valence electrons. The number of benzene rings is 1. The molecule has 2 rings (SSSR count). The second-order valence-electron chi connectivity index (χ2n) is 5.39. The second kappa shape index (κ2) is 5.72. The summed E-state index contributed by atoms with van der Waals surface area (Å²) in [5, 5.41) is 14.0. The fraction of sp³-hybridized carbons (Fsp3) is 0.467. The third-order valence-electron chi connectivity index (χ3n) is 3.49. The molecular formula is C15H17F3N2O2. The highest BCUT2D eigenvalue weighted by Gasteiger charge is 2.63. The summed E-state index contributed by atoms with van der Waals surface area (Å²) in [6, 6.07) is 6.16. The molecule has 0 saturated carbocycles. The first kappa shape index (κ1) is 16.5. The molecule has 0 unspecified atom stereocenters. The number of hydrogen-bond acceptors (Lipinski definition) is 3. The number of rotatable bonds is 3. The third-order valence-corrected chi connectivity index (χ3v) is 3.49. The van der Waals surface area contributed by atoms with Crippen LogP contribution in [0.25, 0.3) is 0 Å². The van der Waals surface area contributed by atoms with Crippen LogP contribution in [0.1, 0.15) is 42.1 Å². The van der Waals surface area contributed by atoms with Gasteiger partial charge in [0.1, 0.15) is 0 Å². The Morgan fingerprint density at radius 3 is 2.68 bits per heavy atom. The molecule has 0 radical (unpaired) electrons. The molecule has 1 aliphatic rings. The highest BCUT2D eigenvalue weighted by molar-refractivity contribution is 5.98. The molecular weight excluding hydrogens is 297 g/mol. The molecule has 0 spiro atoms. The first-order valence-corrected chi connectivity index (χ1v) is 6.95. The molecule has 1 heterocycles. The molecule has 0 saturated heterocycles. The number of nitrogens with zero attached hydrogens (tertiary/aromatic N) is 2. The SMILES string of the molecule is CCCC1=NN(C(=O)c2cccc(C)c2)[C@@](O)(C(F)(F)F)C1. The molecule has 0 aromatic heterocycles. The van der Waals surface area contributed by atoms with Crippen LogP contribution < -0.4 is 0 Å². The molecule has 1 aromatic carbocycles. The number of alkyl halides is 3. The number of halogens is 3. The number of aliphatic hydroxyl groups is 1.